The van der Waals surface area contributed by atoms with Gasteiger partial charge in [0.25, 0.3) is 0 Å². The van der Waals surface area contributed by atoms with Crippen LogP contribution in [0.15, 0.2) is 36.0 Å². The third-order valence-electron chi connectivity index (χ3n) is 1.63. The number of nitrogens with two attached hydrogens (primary N) is 1. The number of hydrogen-bond donors (Lipinski definition) is 1. The van der Waals surface area contributed by atoms with Crippen LogP contribution < -0.4 is 5.73 Å². The molecule has 76 valence electrons. The zero-order valence-electron chi connectivity index (χ0n) is 7.87. The van der Waals surface area contributed by atoms with Gasteiger partial charge in [-0.2, -0.15) is 0 Å². The Balaban J connectivity index is 1.96. The van der Waals surface area contributed by atoms with E-state index < -0.39 is 0 Å². The average molecular weight is 219 g/mol. The van der Waals surface area contributed by atoms with E-state index in [0.717, 1.165) is 10.7 Å². The highest BCUT2D eigenvalue weighted by Crippen LogP contribution is 2.17. The summed E-state index contributed by atoms with van der Waals surface area (Å²) in [5.74, 6) is 1.15. The van der Waals surface area contributed by atoms with Crippen LogP contribution in [0.2, 0.25) is 0 Å². The molecule has 5 nitrogen and oxygen atoms in total. The molecule has 0 saturated carbocycles. The fourth-order valence-corrected chi connectivity index (χ4v) is 1.66. The second-order valence-electron chi connectivity index (χ2n) is 2.76. The molecule has 6 heteroatoms. The second kappa shape index (κ2) is 4.70. The van der Waals surface area contributed by atoms with Crippen molar-refractivity contribution in [2.24, 2.45) is 0 Å². The van der Waals surface area contributed by atoms with Gasteiger partial charge < -0.3 is 5.73 Å². The number of nitrogens with zero attached hydrogens (tertiary/aromatic N) is 4. The summed E-state index contributed by atoms with van der Waals surface area (Å²) >= 11 is 1.56. The van der Waals surface area contributed by atoms with Gasteiger partial charge in [0, 0.05) is 18.1 Å². The third-order valence-corrected chi connectivity index (χ3v) is 2.58. The number of anilines is 1. The van der Waals surface area contributed by atoms with Gasteiger partial charge in [-0.05, 0) is 0 Å². The van der Waals surface area contributed by atoms with E-state index >= 15 is 0 Å². The molecule has 0 aliphatic rings. The normalized spacial score (nSPS) is 10.1. The lowest BCUT2D eigenvalue weighted by Crippen LogP contribution is -1.94. The molecule has 0 unspecified atom stereocenters. The Morgan fingerprint density at radius 3 is 2.67 bits per heavy atom. The van der Waals surface area contributed by atoms with Crippen LogP contribution in [0, 0.1) is 0 Å². The Kier molecular flexibility index (Phi) is 3.08. The van der Waals surface area contributed by atoms with E-state index in [1.807, 2.05) is 0 Å². The van der Waals surface area contributed by atoms with Crippen molar-refractivity contribution in [1.82, 2.24) is 19.9 Å². The first-order chi connectivity index (χ1) is 7.34. The van der Waals surface area contributed by atoms with Crippen molar-refractivity contribution in [3.63, 3.8) is 0 Å². The molecule has 0 aromatic carbocycles. The largest absolute Gasteiger partial charge is 0.382 e. The maximum absolute atomic E-state index is 5.43. The van der Waals surface area contributed by atoms with E-state index in [4.69, 9.17) is 5.73 Å². The zero-order valence-corrected chi connectivity index (χ0v) is 8.68. The highest BCUT2D eigenvalue weighted by Gasteiger charge is 1.98. The Hall–Kier alpha value is -1.69. The van der Waals surface area contributed by atoms with E-state index in [2.05, 4.69) is 19.9 Å². The van der Waals surface area contributed by atoms with Gasteiger partial charge in [0.05, 0.1) is 24.3 Å². The number of hydrogen-bond acceptors (Lipinski definition) is 6. The molecule has 0 fully saturated rings. The van der Waals surface area contributed by atoms with E-state index in [0.29, 0.717) is 11.6 Å². The van der Waals surface area contributed by atoms with Crippen LogP contribution in [0.1, 0.15) is 5.69 Å². The first kappa shape index (κ1) is 9.85. The van der Waals surface area contributed by atoms with Gasteiger partial charge in [-0.15, -0.1) is 0 Å². The molecule has 0 aliphatic heterocycles. The third kappa shape index (κ3) is 2.88. The molecular formula is C9H9N5S. The summed E-state index contributed by atoms with van der Waals surface area (Å²) in [6.07, 6.45) is 8.24. The predicted octanol–water partition coefficient (Wildman–Crippen LogP) is 1.14. The predicted molar refractivity (Wildman–Crippen MR) is 58.0 cm³/mol. The van der Waals surface area contributed by atoms with Crippen LogP contribution in [0.3, 0.4) is 0 Å². The van der Waals surface area contributed by atoms with Crippen LogP contribution in [0.25, 0.3) is 0 Å². The van der Waals surface area contributed by atoms with Crippen molar-refractivity contribution in [2.75, 3.05) is 5.73 Å². The van der Waals surface area contributed by atoms with Crippen LogP contribution in [0.5, 0.6) is 0 Å². The SMILES string of the molecule is Nc1cnc(CSc2cnccn2)cn1. The summed E-state index contributed by atoms with van der Waals surface area (Å²) in [4.78, 5) is 16.2. The molecule has 2 aromatic rings. The van der Waals surface area contributed by atoms with Crippen molar-refractivity contribution in [1.29, 1.82) is 0 Å². The lowest BCUT2D eigenvalue weighted by Gasteiger charge is -1.99. The maximum atomic E-state index is 5.43. The Labute approximate surface area is 91.2 Å². The summed E-state index contributed by atoms with van der Waals surface area (Å²) < 4.78 is 0. The Bertz CT molecular complexity index is 416. The standard InChI is InChI=1S/C9H9N5S/c10-8-4-13-7(3-14-8)6-15-9-5-11-1-2-12-9/h1-5H,6H2,(H2,10,14). The molecule has 0 spiro atoms. The van der Waals surface area contributed by atoms with Gasteiger partial charge in [-0.1, -0.05) is 11.8 Å². The lowest BCUT2D eigenvalue weighted by atomic mass is 10.5. The van der Waals surface area contributed by atoms with Crippen LogP contribution in [-0.4, -0.2) is 19.9 Å². The summed E-state index contributed by atoms with van der Waals surface area (Å²) in [6.45, 7) is 0. The molecule has 0 saturated heterocycles. The molecular weight excluding hydrogens is 210 g/mol. The Morgan fingerprint density at radius 2 is 2.00 bits per heavy atom. The van der Waals surface area contributed by atoms with Gasteiger partial charge in [0.1, 0.15) is 10.8 Å². The number of aromatic nitrogens is 4. The van der Waals surface area contributed by atoms with E-state index in [1.54, 1.807) is 42.7 Å². The smallest absolute Gasteiger partial charge is 0.141 e. The molecule has 0 radical (unpaired) electrons. The zero-order chi connectivity index (χ0) is 10.5. The first-order valence-electron chi connectivity index (χ1n) is 4.30. The van der Waals surface area contributed by atoms with Crippen molar-refractivity contribution < 1.29 is 0 Å². The minimum Gasteiger partial charge on any atom is -0.382 e. The molecule has 0 aliphatic carbocycles. The molecule has 0 amide bonds. The number of thioether (sulfide) groups is 1. The summed E-state index contributed by atoms with van der Waals surface area (Å²) in [5, 5.41) is 0.871. The second-order valence-corrected chi connectivity index (χ2v) is 3.76. The highest BCUT2D eigenvalue weighted by atomic mass is 32.2. The van der Waals surface area contributed by atoms with Crippen LogP contribution in [-0.2, 0) is 5.75 Å². The molecule has 2 rings (SSSR count). The molecule has 0 atom stereocenters. The van der Waals surface area contributed by atoms with E-state index in [1.165, 1.54) is 0 Å². The average Bonchev–Trinajstić information content (AvgIpc) is 2.30. The van der Waals surface area contributed by atoms with Gasteiger partial charge in [0.15, 0.2) is 0 Å². The maximum Gasteiger partial charge on any atom is 0.141 e. The number of nitrogen functional groups attached to an aromatic ring is 1. The van der Waals surface area contributed by atoms with Crippen molar-refractivity contribution in [3.8, 4) is 0 Å². The van der Waals surface area contributed by atoms with Gasteiger partial charge in [-0.25, -0.2) is 9.97 Å². The topological polar surface area (TPSA) is 77.6 Å². The molecule has 2 heterocycles. The van der Waals surface area contributed by atoms with Gasteiger partial charge >= 0.3 is 0 Å². The fourth-order valence-electron chi connectivity index (χ4n) is 0.947. The van der Waals surface area contributed by atoms with Crippen molar-refractivity contribution in [3.05, 3.63) is 36.7 Å². The molecule has 15 heavy (non-hydrogen) atoms. The monoisotopic (exact) mass is 219 g/mol. The quantitative estimate of drug-likeness (QED) is 0.780. The lowest BCUT2D eigenvalue weighted by molar-refractivity contribution is 1.05. The summed E-state index contributed by atoms with van der Waals surface area (Å²) in [6, 6.07) is 0. The van der Waals surface area contributed by atoms with Gasteiger partial charge in [0.2, 0.25) is 0 Å². The summed E-state index contributed by atoms with van der Waals surface area (Å²) in [5.41, 5.74) is 6.31. The molecule has 0 bridgehead atoms. The Morgan fingerprint density at radius 1 is 1.07 bits per heavy atom. The first-order valence-corrected chi connectivity index (χ1v) is 5.28. The molecule has 2 aromatic heterocycles. The van der Waals surface area contributed by atoms with Crippen LogP contribution >= 0.6 is 11.8 Å². The minimum absolute atomic E-state index is 0.434. The van der Waals surface area contributed by atoms with E-state index in [9.17, 15) is 0 Å². The number of rotatable bonds is 3. The van der Waals surface area contributed by atoms with E-state index in [-0.39, 0.29) is 0 Å². The van der Waals surface area contributed by atoms with Crippen molar-refractivity contribution in [2.45, 2.75) is 10.8 Å². The minimum atomic E-state index is 0.434. The molecule has 2 N–H and O–H groups in total. The summed E-state index contributed by atoms with van der Waals surface area (Å²) in [7, 11) is 0. The van der Waals surface area contributed by atoms with Crippen molar-refractivity contribution >= 4 is 17.6 Å². The highest BCUT2D eigenvalue weighted by molar-refractivity contribution is 7.98. The van der Waals surface area contributed by atoms with Gasteiger partial charge in [-0.3, -0.25) is 9.97 Å². The fraction of sp³-hybridized carbons (Fsp3) is 0.111. The van der Waals surface area contributed by atoms with Crippen LogP contribution in [0.4, 0.5) is 5.82 Å².